The van der Waals surface area contributed by atoms with Crippen LogP contribution in [0.5, 0.6) is 0 Å². The molecule has 25 heavy (non-hydrogen) atoms. The number of amides is 1. The molecule has 0 saturated carbocycles. The molecule has 0 bridgehead atoms. The summed E-state index contributed by atoms with van der Waals surface area (Å²) >= 11 is 0. The zero-order chi connectivity index (χ0) is 18.3. The molecule has 150 valence electrons. The number of aliphatic imine (C=N–C) groups is 1. The van der Waals surface area contributed by atoms with Gasteiger partial charge in [-0.1, -0.05) is 13.3 Å². The number of nitrogens with one attached hydrogen (secondary N) is 3. The van der Waals surface area contributed by atoms with E-state index in [-0.39, 0.29) is 24.0 Å². The van der Waals surface area contributed by atoms with Gasteiger partial charge in [0.25, 0.3) is 0 Å². The van der Waals surface area contributed by atoms with Crippen molar-refractivity contribution in [3.63, 3.8) is 0 Å². The summed E-state index contributed by atoms with van der Waals surface area (Å²) < 4.78 is 10.7. The molecule has 0 aromatic rings. The monoisotopic (exact) mass is 472 g/mol. The highest BCUT2D eigenvalue weighted by Gasteiger charge is 2.15. The molecular weight excluding hydrogens is 435 g/mol. The van der Waals surface area contributed by atoms with Crippen molar-refractivity contribution in [1.82, 2.24) is 16.0 Å². The first-order valence-corrected chi connectivity index (χ1v) is 8.95. The second kappa shape index (κ2) is 16.7. The normalized spacial score (nSPS) is 11.5. The maximum absolute atomic E-state index is 11.5. The van der Waals surface area contributed by atoms with Crippen LogP contribution in [0.15, 0.2) is 4.99 Å². The Kier molecular flexibility index (Phi) is 17.7. The van der Waals surface area contributed by atoms with Gasteiger partial charge in [0.1, 0.15) is 5.60 Å². The maximum atomic E-state index is 11.5. The van der Waals surface area contributed by atoms with E-state index in [2.05, 4.69) is 27.9 Å². The highest BCUT2D eigenvalue weighted by Crippen LogP contribution is 2.05. The minimum absolute atomic E-state index is 0. The number of guanidine groups is 1. The lowest BCUT2D eigenvalue weighted by Crippen LogP contribution is -2.42. The zero-order valence-electron chi connectivity index (χ0n) is 16.4. The van der Waals surface area contributed by atoms with Crippen LogP contribution in [0.25, 0.3) is 0 Å². The first-order chi connectivity index (χ1) is 11.4. The van der Waals surface area contributed by atoms with Crippen molar-refractivity contribution in [2.75, 3.05) is 39.4 Å². The molecule has 0 aliphatic carbocycles. The molecule has 0 atom stereocenters. The Labute approximate surface area is 170 Å². The Morgan fingerprint density at radius 1 is 1.00 bits per heavy atom. The van der Waals surface area contributed by atoms with Gasteiger partial charge in [0.2, 0.25) is 0 Å². The molecule has 0 aromatic heterocycles. The third-order valence-electron chi connectivity index (χ3n) is 2.79. The van der Waals surface area contributed by atoms with Gasteiger partial charge in [0.15, 0.2) is 5.96 Å². The smallest absolute Gasteiger partial charge is 0.407 e. The third kappa shape index (κ3) is 19.4. The van der Waals surface area contributed by atoms with Crippen LogP contribution in [-0.2, 0) is 9.47 Å². The second-order valence-electron chi connectivity index (χ2n) is 6.44. The number of ether oxygens (including phenoxy) is 2. The van der Waals surface area contributed by atoms with Crippen LogP contribution in [0, 0.1) is 0 Å². The van der Waals surface area contributed by atoms with E-state index in [1.807, 2.05) is 27.7 Å². The Hall–Kier alpha value is -0.770. The largest absolute Gasteiger partial charge is 0.444 e. The lowest BCUT2D eigenvalue weighted by molar-refractivity contribution is 0.0529. The number of rotatable bonds is 11. The molecule has 0 aliphatic rings. The van der Waals surface area contributed by atoms with E-state index in [1.165, 1.54) is 0 Å². The van der Waals surface area contributed by atoms with E-state index in [0.29, 0.717) is 19.6 Å². The van der Waals surface area contributed by atoms with Gasteiger partial charge in [-0.05, 0) is 40.5 Å². The maximum Gasteiger partial charge on any atom is 0.407 e. The Balaban J connectivity index is 0. The van der Waals surface area contributed by atoms with Gasteiger partial charge >= 0.3 is 6.09 Å². The molecule has 8 heteroatoms. The molecule has 0 aliphatic heterocycles. The summed E-state index contributed by atoms with van der Waals surface area (Å²) in [5.41, 5.74) is -0.479. The van der Waals surface area contributed by atoms with Crippen LogP contribution < -0.4 is 16.0 Å². The van der Waals surface area contributed by atoms with Gasteiger partial charge in [-0.2, -0.15) is 0 Å². The van der Waals surface area contributed by atoms with Gasteiger partial charge < -0.3 is 25.4 Å². The first kappa shape index (κ1) is 26.5. The molecule has 3 N–H and O–H groups in total. The molecule has 0 fully saturated rings. The van der Waals surface area contributed by atoms with E-state index in [1.54, 1.807) is 0 Å². The highest BCUT2D eigenvalue weighted by molar-refractivity contribution is 14.0. The average molecular weight is 472 g/mol. The van der Waals surface area contributed by atoms with Crippen LogP contribution in [0.1, 0.15) is 53.9 Å². The van der Waals surface area contributed by atoms with Crippen LogP contribution >= 0.6 is 24.0 Å². The second-order valence-corrected chi connectivity index (χ2v) is 6.44. The lowest BCUT2D eigenvalue weighted by Gasteiger charge is -2.19. The number of hydrogen-bond donors (Lipinski definition) is 3. The van der Waals surface area contributed by atoms with Crippen molar-refractivity contribution in [1.29, 1.82) is 0 Å². The summed E-state index contributed by atoms with van der Waals surface area (Å²) in [5.74, 6) is 0.747. The molecule has 0 heterocycles. The Morgan fingerprint density at radius 3 is 2.24 bits per heavy atom. The molecular formula is C17H37IN4O3. The van der Waals surface area contributed by atoms with Crippen molar-refractivity contribution < 1.29 is 14.3 Å². The number of halogens is 1. The molecule has 0 saturated heterocycles. The third-order valence-corrected chi connectivity index (χ3v) is 2.79. The number of carbonyl (C=O) groups excluding carboxylic acids is 1. The molecule has 0 unspecified atom stereocenters. The fourth-order valence-corrected chi connectivity index (χ4v) is 1.71. The van der Waals surface area contributed by atoms with E-state index in [4.69, 9.17) is 9.47 Å². The van der Waals surface area contributed by atoms with Crippen molar-refractivity contribution >= 4 is 36.0 Å². The van der Waals surface area contributed by atoms with Gasteiger partial charge in [-0.15, -0.1) is 24.0 Å². The van der Waals surface area contributed by atoms with Crippen molar-refractivity contribution in [3.05, 3.63) is 0 Å². The summed E-state index contributed by atoms with van der Waals surface area (Å²) in [6, 6.07) is 0. The Bertz CT molecular complexity index is 360. The van der Waals surface area contributed by atoms with Gasteiger partial charge in [-0.25, -0.2) is 4.79 Å². The molecule has 0 spiro atoms. The molecule has 0 aromatic carbocycles. The number of hydrogen-bond acceptors (Lipinski definition) is 4. The molecule has 0 rings (SSSR count). The van der Waals surface area contributed by atoms with Crippen molar-refractivity contribution in [3.8, 4) is 0 Å². The SMILES string of the molecule is CCCCOCCCN=C(NCC)NCCNC(=O)OC(C)(C)C.I. The van der Waals surface area contributed by atoms with Crippen molar-refractivity contribution in [2.24, 2.45) is 4.99 Å². The van der Waals surface area contributed by atoms with E-state index < -0.39 is 11.7 Å². The Morgan fingerprint density at radius 2 is 1.64 bits per heavy atom. The van der Waals surface area contributed by atoms with Crippen molar-refractivity contribution in [2.45, 2.75) is 59.5 Å². The molecule has 0 radical (unpaired) electrons. The minimum Gasteiger partial charge on any atom is -0.444 e. The predicted octanol–water partition coefficient (Wildman–Crippen LogP) is 2.89. The predicted molar refractivity (Wildman–Crippen MR) is 114 cm³/mol. The van der Waals surface area contributed by atoms with Crippen LogP contribution in [0.3, 0.4) is 0 Å². The topological polar surface area (TPSA) is 84.0 Å². The fourth-order valence-electron chi connectivity index (χ4n) is 1.71. The molecule has 7 nitrogen and oxygen atoms in total. The van der Waals surface area contributed by atoms with E-state index in [0.717, 1.165) is 45.0 Å². The summed E-state index contributed by atoms with van der Waals surface area (Å²) in [7, 11) is 0. The summed E-state index contributed by atoms with van der Waals surface area (Å²) in [6.45, 7) is 13.8. The average Bonchev–Trinajstić information content (AvgIpc) is 2.48. The fraction of sp³-hybridized carbons (Fsp3) is 0.882. The number of nitrogens with zero attached hydrogens (tertiary/aromatic N) is 1. The van der Waals surface area contributed by atoms with Gasteiger partial charge in [0.05, 0.1) is 0 Å². The van der Waals surface area contributed by atoms with E-state index in [9.17, 15) is 4.79 Å². The minimum atomic E-state index is -0.479. The standard InChI is InChI=1S/C17H36N4O3.HI/c1-6-8-13-23-14-9-10-19-15(18-7-2)20-11-12-21-16(22)24-17(3,4)5;/h6-14H2,1-5H3,(H,21,22)(H2,18,19,20);1H. The zero-order valence-corrected chi connectivity index (χ0v) is 18.8. The number of alkyl carbamates (subject to hydrolysis) is 1. The molecule has 1 amide bonds. The summed E-state index contributed by atoms with van der Waals surface area (Å²) in [5, 5.41) is 9.06. The number of carbonyl (C=O) groups is 1. The summed E-state index contributed by atoms with van der Waals surface area (Å²) in [4.78, 5) is 16.0. The quantitative estimate of drug-likeness (QED) is 0.187. The first-order valence-electron chi connectivity index (χ1n) is 8.95. The van der Waals surface area contributed by atoms with Crippen LogP contribution in [0.2, 0.25) is 0 Å². The van der Waals surface area contributed by atoms with Gasteiger partial charge in [0, 0.05) is 39.4 Å². The van der Waals surface area contributed by atoms with Gasteiger partial charge in [-0.3, -0.25) is 4.99 Å². The lowest BCUT2D eigenvalue weighted by atomic mass is 10.2. The van der Waals surface area contributed by atoms with E-state index >= 15 is 0 Å². The van der Waals surface area contributed by atoms with Crippen LogP contribution in [-0.4, -0.2) is 57.0 Å². The summed E-state index contributed by atoms with van der Waals surface area (Å²) in [6.07, 6.45) is 2.76. The van der Waals surface area contributed by atoms with Crippen LogP contribution in [0.4, 0.5) is 4.79 Å². The number of unbranched alkanes of at least 4 members (excludes halogenated alkanes) is 1. The highest BCUT2D eigenvalue weighted by atomic mass is 127.